The number of aliphatic hydroxyl groups excluding tert-OH is 1. The topological polar surface area (TPSA) is 55.5 Å². The summed E-state index contributed by atoms with van der Waals surface area (Å²) >= 11 is 0. The predicted octanol–water partition coefficient (Wildman–Crippen LogP) is 3.49. The van der Waals surface area contributed by atoms with Gasteiger partial charge in [-0.1, -0.05) is 39.8 Å². The molecule has 2 unspecified atom stereocenters. The van der Waals surface area contributed by atoms with Crippen LogP contribution < -0.4 is 10.5 Å². The van der Waals surface area contributed by atoms with Crippen molar-refractivity contribution in [2.24, 2.45) is 11.7 Å². The fourth-order valence-electron chi connectivity index (χ4n) is 2.17. The zero-order chi connectivity index (χ0) is 16.0. The Morgan fingerprint density at radius 2 is 1.81 bits per heavy atom. The Balaban J connectivity index is 2.78. The largest absolute Gasteiger partial charge is 0.493 e. The highest BCUT2D eigenvalue weighted by Crippen LogP contribution is 2.28. The van der Waals surface area contributed by atoms with Crippen molar-refractivity contribution in [2.75, 3.05) is 6.61 Å². The molecule has 120 valence electrons. The Labute approximate surface area is 129 Å². The first-order chi connectivity index (χ1) is 9.81. The minimum absolute atomic E-state index is 0.178. The van der Waals surface area contributed by atoms with Crippen molar-refractivity contribution in [3.05, 3.63) is 29.3 Å². The van der Waals surface area contributed by atoms with E-state index in [1.165, 1.54) is 11.1 Å². The monoisotopic (exact) mass is 293 g/mol. The number of aryl methyl sites for hydroxylation is 1. The van der Waals surface area contributed by atoms with Gasteiger partial charge in [0.1, 0.15) is 5.75 Å². The molecule has 0 aromatic heterocycles. The molecule has 3 nitrogen and oxygen atoms in total. The van der Waals surface area contributed by atoms with E-state index >= 15 is 0 Å². The van der Waals surface area contributed by atoms with Crippen molar-refractivity contribution < 1.29 is 9.84 Å². The van der Waals surface area contributed by atoms with Gasteiger partial charge in [-0.25, -0.2) is 0 Å². The molecule has 1 aromatic carbocycles. The van der Waals surface area contributed by atoms with Gasteiger partial charge in [0.2, 0.25) is 0 Å². The van der Waals surface area contributed by atoms with Crippen LogP contribution in [-0.2, 0) is 6.42 Å². The van der Waals surface area contributed by atoms with Crippen LogP contribution in [-0.4, -0.2) is 23.9 Å². The van der Waals surface area contributed by atoms with E-state index in [9.17, 15) is 5.11 Å². The standard InChI is InChI=1S/C18H31NO2/c1-12(2)11-21-18-9-7-15(10-16(18)13(3)4)6-8-17(20)14(5)19/h7,9-10,12-14,17,20H,6,8,11,19H2,1-5H3. The summed E-state index contributed by atoms with van der Waals surface area (Å²) in [6.45, 7) is 11.2. The maximum atomic E-state index is 9.82. The lowest BCUT2D eigenvalue weighted by Crippen LogP contribution is -2.31. The van der Waals surface area contributed by atoms with Gasteiger partial charge in [-0.15, -0.1) is 0 Å². The fourth-order valence-corrected chi connectivity index (χ4v) is 2.17. The zero-order valence-corrected chi connectivity index (χ0v) is 14.1. The van der Waals surface area contributed by atoms with Crippen molar-refractivity contribution in [3.8, 4) is 5.75 Å². The summed E-state index contributed by atoms with van der Waals surface area (Å²) in [5, 5.41) is 9.82. The summed E-state index contributed by atoms with van der Waals surface area (Å²) < 4.78 is 5.91. The lowest BCUT2D eigenvalue weighted by Gasteiger charge is -2.18. The number of benzene rings is 1. The molecular formula is C18H31NO2. The Morgan fingerprint density at radius 3 is 2.33 bits per heavy atom. The van der Waals surface area contributed by atoms with Crippen molar-refractivity contribution in [1.82, 2.24) is 0 Å². The molecule has 0 saturated carbocycles. The molecule has 3 heteroatoms. The second kappa shape index (κ2) is 8.40. The van der Waals surface area contributed by atoms with Gasteiger partial charge in [-0.3, -0.25) is 0 Å². The van der Waals surface area contributed by atoms with E-state index in [-0.39, 0.29) is 6.04 Å². The van der Waals surface area contributed by atoms with E-state index in [1.807, 2.05) is 6.92 Å². The number of nitrogens with two attached hydrogens (primary N) is 1. The smallest absolute Gasteiger partial charge is 0.122 e. The molecule has 0 amide bonds. The summed E-state index contributed by atoms with van der Waals surface area (Å²) in [5.74, 6) is 1.92. The van der Waals surface area contributed by atoms with Crippen LogP contribution in [0.2, 0.25) is 0 Å². The lowest BCUT2D eigenvalue weighted by molar-refractivity contribution is 0.141. The first-order valence-corrected chi connectivity index (χ1v) is 8.00. The molecule has 0 aliphatic carbocycles. The third-order valence-corrected chi connectivity index (χ3v) is 3.60. The van der Waals surface area contributed by atoms with Crippen LogP contribution >= 0.6 is 0 Å². The molecule has 1 rings (SSSR count). The van der Waals surface area contributed by atoms with Crippen molar-refractivity contribution >= 4 is 0 Å². The van der Waals surface area contributed by atoms with Crippen LogP contribution in [0.4, 0.5) is 0 Å². The van der Waals surface area contributed by atoms with Crippen molar-refractivity contribution in [1.29, 1.82) is 0 Å². The van der Waals surface area contributed by atoms with Gasteiger partial charge >= 0.3 is 0 Å². The van der Waals surface area contributed by atoms with Gasteiger partial charge in [-0.2, -0.15) is 0 Å². The summed E-state index contributed by atoms with van der Waals surface area (Å²) in [7, 11) is 0. The third-order valence-electron chi connectivity index (χ3n) is 3.60. The predicted molar refractivity (Wildman–Crippen MR) is 88.8 cm³/mol. The van der Waals surface area contributed by atoms with E-state index in [0.717, 1.165) is 18.8 Å². The summed E-state index contributed by atoms with van der Waals surface area (Å²) in [6, 6.07) is 6.18. The highest BCUT2D eigenvalue weighted by Gasteiger charge is 2.12. The lowest BCUT2D eigenvalue weighted by atomic mass is 9.96. The molecule has 3 N–H and O–H groups in total. The van der Waals surface area contributed by atoms with Gasteiger partial charge in [-0.05, 0) is 48.8 Å². The summed E-state index contributed by atoms with van der Waals surface area (Å²) in [4.78, 5) is 0. The van der Waals surface area contributed by atoms with Crippen molar-refractivity contribution in [3.63, 3.8) is 0 Å². The quantitative estimate of drug-likeness (QED) is 0.771. The molecule has 0 aliphatic heterocycles. The highest BCUT2D eigenvalue weighted by atomic mass is 16.5. The molecule has 0 bridgehead atoms. The SMILES string of the molecule is CC(C)COc1ccc(CCC(O)C(C)N)cc1C(C)C. The minimum Gasteiger partial charge on any atom is -0.493 e. The van der Waals surface area contributed by atoms with Crippen LogP contribution in [0.1, 0.15) is 58.1 Å². The maximum absolute atomic E-state index is 9.82. The molecule has 0 fully saturated rings. The number of hydrogen-bond acceptors (Lipinski definition) is 3. The van der Waals surface area contributed by atoms with Gasteiger partial charge in [0.05, 0.1) is 12.7 Å². The second-order valence-corrected chi connectivity index (χ2v) is 6.70. The molecule has 0 radical (unpaired) electrons. The maximum Gasteiger partial charge on any atom is 0.122 e. The molecule has 2 atom stereocenters. The van der Waals surface area contributed by atoms with Crippen LogP contribution in [0.3, 0.4) is 0 Å². The zero-order valence-electron chi connectivity index (χ0n) is 14.1. The molecular weight excluding hydrogens is 262 g/mol. The number of ether oxygens (including phenoxy) is 1. The van der Waals surface area contributed by atoms with E-state index in [2.05, 4.69) is 45.9 Å². The number of rotatable bonds is 8. The van der Waals surface area contributed by atoms with E-state index in [0.29, 0.717) is 18.3 Å². The average Bonchev–Trinajstić information content (AvgIpc) is 2.42. The first-order valence-electron chi connectivity index (χ1n) is 8.00. The van der Waals surface area contributed by atoms with Gasteiger partial charge in [0.25, 0.3) is 0 Å². The molecule has 0 spiro atoms. The van der Waals surface area contributed by atoms with Crippen LogP contribution in [0.25, 0.3) is 0 Å². The van der Waals surface area contributed by atoms with E-state index < -0.39 is 6.10 Å². The van der Waals surface area contributed by atoms with Crippen LogP contribution in [0.15, 0.2) is 18.2 Å². The Bertz CT molecular complexity index is 427. The summed E-state index contributed by atoms with van der Waals surface area (Å²) in [5.41, 5.74) is 8.17. The van der Waals surface area contributed by atoms with Gasteiger partial charge in [0.15, 0.2) is 0 Å². The number of aliphatic hydroxyl groups is 1. The fraction of sp³-hybridized carbons (Fsp3) is 0.667. The van der Waals surface area contributed by atoms with E-state index in [1.54, 1.807) is 0 Å². The molecule has 1 aromatic rings. The number of hydrogen-bond donors (Lipinski definition) is 2. The normalized spacial score (nSPS) is 14.5. The van der Waals surface area contributed by atoms with Crippen LogP contribution in [0.5, 0.6) is 5.75 Å². The molecule has 0 heterocycles. The molecule has 0 saturated heterocycles. The van der Waals surface area contributed by atoms with Gasteiger partial charge in [0, 0.05) is 6.04 Å². The third kappa shape index (κ3) is 6.06. The first kappa shape index (κ1) is 18.0. The van der Waals surface area contributed by atoms with Crippen molar-refractivity contribution in [2.45, 2.75) is 65.5 Å². The van der Waals surface area contributed by atoms with Crippen LogP contribution in [0, 0.1) is 5.92 Å². The minimum atomic E-state index is -0.440. The van der Waals surface area contributed by atoms with Gasteiger partial charge < -0.3 is 15.6 Å². The Morgan fingerprint density at radius 1 is 1.14 bits per heavy atom. The molecule has 21 heavy (non-hydrogen) atoms. The van der Waals surface area contributed by atoms with E-state index in [4.69, 9.17) is 10.5 Å². The Kier molecular flexibility index (Phi) is 7.20. The average molecular weight is 293 g/mol. The second-order valence-electron chi connectivity index (χ2n) is 6.70. The highest BCUT2D eigenvalue weighted by molar-refractivity contribution is 5.39. The Hall–Kier alpha value is -1.06. The molecule has 0 aliphatic rings. The summed E-state index contributed by atoms with van der Waals surface area (Å²) in [6.07, 6.45) is 1.10.